The van der Waals surface area contributed by atoms with Crippen LogP contribution < -0.4 is 16.2 Å². The van der Waals surface area contributed by atoms with Gasteiger partial charge in [-0.2, -0.15) is 0 Å². The normalized spacial score (nSPS) is 17.1. The Bertz CT molecular complexity index is 1000. The molecule has 0 saturated carbocycles. The Morgan fingerprint density at radius 1 is 1.11 bits per heavy atom. The molecule has 1 saturated heterocycles. The number of hydroxylamine groups is 1. The second kappa shape index (κ2) is 14.8. The Morgan fingerprint density at radius 2 is 1.78 bits per heavy atom. The lowest BCUT2D eigenvalue weighted by atomic mass is 9.82. The first kappa shape index (κ1) is 30.5. The SMILES string of the molecule is CC(C)C[C@@H](C(=O)NN(CC(C)C)C(=O)CC1SC(=S)NC1=O)[C@H](C/C=C/c1ccccc1)C(=O)NO. The number of allylic oxidation sites excluding steroid dienone is 1. The van der Waals surface area contributed by atoms with E-state index < -0.39 is 34.8 Å². The predicted octanol–water partition coefficient (Wildman–Crippen LogP) is 3.30. The zero-order chi connectivity index (χ0) is 27.5. The number of hydrogen-bond acceptors (Lipinski definition) is 7. The van der Waals surface area contributed by atoms with Crippen molar-refractivity contribution < 1.29 is 24.4 Å². The minimum Gasteiger partial charge on any atom is -0.311 e. The molecule has 0 aliphatic carbocycles. The van der Waals surface area contributed by atoms with Crippen LogP contribution in [-0.2, 0) is 19.2 Å². The van der Waals surface area contributed by atoms with Crippen LogP contribution in [0, 0.1) is 23.7 Å². The highest BCUT2D eigenvalue weighted by molar-refractivity contribution is 8.24. The summed E-state index contributed by atoms with van der Waals surface area (Å²) in [5.74, 6) is -3.50. The molecule has 1 unspecified atom stereocenters. The Balaban J connectivity index is 2.23. The van der Waals surface area contributed by atoms with E-state index in [0.29, 0.717) is 10.7 Å². The number of nitrogens with zero attached hydrogens (tertiary/aromatic N) is 1. The number of thioether (sulfide) groups is 1. The summed E-state index contributed by atoms with van der Waals surface area (Å²) < 4.78 is 0.320. The van der Waals surface area contributed by atoms with Gasteiger partial charge in [0, 0.05) is 13.0 Å². The Labute approximate surface area is 227 Å². The van der Waals surface area contributed by atoms with E-state index in [2.05, 4.69) is 10.7 Å². The second-order valence-corrected chi connectivity index (χ2v) is 11.7. The number of benzene rings is 1. The second-order valence-electron chi connectivity index (χ2n) is 9.83. The molecule has 1 aromatic carbocycles. The van der Waals surface area contributed by atoms with Crippen LogP contribution >= 0.6 is 24.0 Å². The standard InChI is InChI=1S/C26H36N4O5S2/c1-16(2)13-20(19(24(33)29-35)12-8-11-18-9-6-5-7-10-18)23(32)28-30(15-17(3)4)22(31)14-21-25(34)27-26(36)37-21/h5-11,16-17,19-21,35H,12-15H2,1-4H3,(H,28,32)(H,29,33)(H,27,34,36)/b11-8+/t19-,20+,21?/m0/s1. The third-order valence-electron chi connectivity index (χ3n) is 5.72. The summed E-state index contributed by atoms with van der Waals surface area (Å²) in [7, 11) is 0. The molecular weight excluding hydrogens is 512 g/mol. The van der Waals surface area contributed by atoms with Crippen LogP contribution in [-0.4, -0.2) is 50.0 Å². The summed E-state index contributed by atoms with van der Waals surface area (Å²) in [5, 5.41) is 12.5. The summed E-state index contributed by atoms with van der Waals surface area (Å²) in [5.41, 5.74) is 5.34. The Morgan fingerprint density at radius 3 is 2.32 bits per heavy atom. The lowest BCUT2D eigenvalue weighted by Crippen LogP contribution is -2.52. The summed E-state index contributed by atoms with van der Waals surface area (Å²) in [6, 6.07) is 9.53. The van der Waals surface area contributed by atoms with Crippen molar-refractivity contribution in [1.82, 2.24) is 21.2 Å². The van der Waals surface area contributed by atoms with E-state index in [1.165, 1.54) is 5.01 Å². The van der Waals surface area contributed by atoms with Gasteiger partial charge in [0.25, 0.3) is 0 Å². The third kappa shape index (κ3) is 9.90. The van der Waals surface area contributed by atoms with Gasteiger partial charge in [0.15, 0.2) is 0 Å². The minimum absolute atomic E-state index is 0.0317. The predicted molar refractivity (Wildman–Crippen MR) is 148 cm³/mol. The number of nitrogens with one attached hydrogen (secondary N) is 3. The number of rotatable bonds is 12. The zero-order valence-corrected chi connectivity index (χ0v) is 23.2. The molecule has 9 nitrogen and oxygen atoms in total. The van der Waals surface area contributed by atoms with Gasteiger partial charge in [-0.25, -0.2) is 5.48 Å². The van der Waals surface area contributed by atoms with E-state index in [1.54, 1.807) is 11.6 Å². The molecule has 4 amide bonds. The van der Waals surface area contributed by atoms with Crippen molar-refractivity contribution in [2.45, 2.75) is 52.2 Å². The molecule has 2 rings (SSSR count). The van der Waals surface area contributed by atoms with Crippen molar-refractivity contribution in [3.8, 4) is 0 Å². The molecule has 1 aliphatic rings. The molecular formula is C26H36N4O5S2. The summed E-state index contributed by atoms with van der Waals surface area (Å²) >= 11 is 6.12. The van der Waals surface area contributed by atoms with Crippen LogP contribution in [0.3, 0.4) is 0 Å². The van der Waals surface area contributed by atoms with Crippen molar-refractivity contribution in [2.75, 3.05) is 6.54 Å². The quantitative estimate of drug-likeness (QED) is 0.179. The highest BCUT2D eigenvalue weighted by Gasteiger charge is 2.36. The van der Waals surface area contributed by atoms with Gasteiger partial charge in [-0.1, -0.05) is 94.2 Å². The third-order valence-corrected chi connectivity index (χ3v) is 7.09. The van der Waals surface area contributed by atoms with E-state index in [1.807, 2.05) is 64.1 Å². The van der Waals surface area contributed by atoms with Crippen molar-refractivity contribution in [3.63, 3.8) is 0 Å². The van der Waals surface area contributed by atoms with Gasteiger partial charge >= 0.3 is 0 Å². The van der Waals surface area contributed by atoms with Crippen molar-refractivity contribution in [2.24, 2.45) is 23.7 Å². The molecule has 4 N–H and O–H groups in total. The number of hydrazine groups is 1. The number of amides is 4. The number of hydrogen-bond donors (Lipinski definition) is 4. The molecule has 0 aromatic heterocycles. The van der Waals surface area contributed by atoms with Gasteiger partial charge in [-0.15, -0.1) is 0 Å². The zero-order valence-electron chi connectivity index (χ0n) is 21.6. The fourth-order valence-corrected chi connectivity index (χ4v) is 5.26. The van der Waals surface area contributed by atoms with Crippen molar-refractivity contribution in [3.05, 3.63) is 42.0 Å². The molecule has 0 spiro atoms. The van der Waals surface area contributed by atoms with Gasteiger partial charge in [0.2, 0.25) is 23.6 Å². The van der Waals surface area contributed by atoms with E-state index in [-0.39, 0.29) is 37.1 Å². The van der Waals surface area contributed by atoms with Gasteiger partial charge in [-0.3, -0.25) is 34.8 Å². The molecule has 0 radical (unpaired) electrons. The average molecular weight is 549 g/mol. The van der Waals surface area contributed by atoms with Gasteiger partial charge in [0.05, 0.1) is 17.1 Å². The maximum atomic E-state index is 13.5. The molecule has 1 heterocycles. The highest BCUT2D eigenvalue weighted by Crippen LogP contribution is 2.26. The van der Waals surface area contributed by atoms with Gasteiger partial charge in [-0.05, 0) is 30.2 Å². The van der Waals surface area contributed by atoms with E-state index >= 15 is 0 Å². The first-order chi connectivity index (χ1) is 17.5. The lowest BCUT2D eigenvalue weighted by Gasteiger charge is -2.31. The van der Waals surface area contributed by atoms with Crippen LogP contribution in [0.5, 0.6) is 0 Å². The van der Waals surface area contributed by atoms with E-state index in [9.17, 15) is 24.4 Å². The lowest BCUT2D eigenvalue weighted by molar-refractivity contribution is -0.148. The first-order valence-electron chi connectivity index (χ1n) is 12.3. The van der Waals surface area contributed by atoms with Gasteiger partial charge < -0.3 is 5.32 Å². The van der Waals surface area contributed by atoms with Crippen molar-refractivity contribution in [1.29, 1.82) is 0 Å². The first-order valence-corrected chi connectivity index (χ1v) is 13.6. The maximum absolute atomic E-state index is 13.5. The maximum Gasteiger partial charge on any atom is 0.247 e. The fourth-order valence-electron chi connectivity index (χ4n) is 4.00. The van der Waals surface area contributed by atoms with E-state index in [0.717, 1.165) is 17.3 Å². The molecule has 11 heteroatoms. The van der Waals surface area contributed by atoms with Crippen LogP contribution in [0.1, 0.15) is 52.5 Å². The Kier molecular flexibility index (Phi) is 12.2. The van der Waals surface area contributed by atoms with Crippen LogP contribution in [0.15, 0.2) is 36.4 Å². The molecule has 1 fully saturated rings. The molecule has 3 atom stereocenters. The topological polar surface area (TPSA) is 128 Å². The molecule has 0 bridgehead atoms. The van der Waals surface area contributed by atoms with Crippen molar-refractivity contribution >= 4 is 58.0 Å². The van der Waals surface area contributed by atoms with Crippen LogP contribution in [0.4, 0.5) is 0 Å². The summed E-state index contributed by atoms with van der Waals surface area (Å²) in [4.78, 5) is 51.4. The number of carbonyl (C=O) groups excluding carboxylic acids is 4. The van der Waals surface area contributed by atoms with Gasteiger partial charge in [0.1, 0.15) is 4.32 Å². The summed E-state index contributed by atoms with van der Waals surface area (Å²) in [6.07, 6.45) is 4.10. The average Bonchev–Trinajstić information content (AvgIpc) is 3.16. The molecule has 1 aromatic rings. The smallest absolute Gasteiger partial charge is 0.247 e. The summed E-state index contributed by atoms with van der Waals surface area (Å²) in [6.45, 7) is 7.90. The monoisotopic (exact) mass is 548 g/mol. The van der Waals surface area contributed by atoms with E-state index in [4.69, 9.17) is 12.2 Å². The number of thiocarbonyl (C=S) groups is 1. The highest BCUT2D eigenvalue weighted by atomic mass is 32.2. The van der Waals surface area contributed by atoms with Crippen LogP contribution in [0.25, 0.3) is 6.08 Å². The minimum atomic E-state index is -0.864. The van der Waals surface area contributed by atoms with Crippen LogP contribution in [0.2, 0.25) is 0 Å². The molecule has 1 aliphatic heterocycles. The molecule has 202 valence electrons. The largest absolute Gasteiger partial charge is 0.311 e. The fraction of sp³-hybridized carbons (Fsp3) is 0.500. The number of carbonyl (C=O) groups is 4. The molecule has 37 heavy (non-hydrogen) atoms. The Hall–Kier alpha value is -2.76.